The van der Waals surface area contributed by atoms with Crippen molar-refractivity contribution in [2.45, 2.75) is 0 Å². The molecule has 1 fully saturated rings. The van der Waals surface area contributed by atoms with E-state index in [1.54, 1.807) is 30.3 Å². The maximum atomic E-state index is 12.5. The van der Waals surface area contributed by atoms with Crippen molar-refractivity contribution < 1.29 is 4.74 Å². The minimum absolute atomic E-state index is 0.0597. The van der Waals surface area contributed by atoms with Gasteiger partial charge in [0.1, 0.15) is 11.6 Å². The monoisotopic (exact) mass is 342 g/mol. The predicted octanol–water partition coefficient (Wildman–Crippen LogP) is 2.06. The lowest BCUT2D eigenvalue weighted by Gasteiger charge is -2.25. The van der Waals surface area contributed by atoms with Crippen molar-refractivity contribution in [3.05, 3.63) is 63.2 Å². The van der Waals surface area contributed by atoms with E-state index in [9.17, 15) is 10.1 Å². The lowest BCUT2D eigenvalue weighted by Crippen LogP contribution is -2.32. The highest BCUT2D eigenvalue weighted by atomic mass is 35.5. The van der Waals surface area contributed by atoms with Crippen LogP contribution in [-0.4, -0.2) is 41.0 Å². The van der Waals surface area contributed by atoms with Crippen molar-refractivity contribution in [1.29, 1.82) is 5.26 Å². The van der Waals surface area contributed by atoms with Crippen LogP contribution in [0.4, 0.5) is 0 Å². The Morgan fingerprint density at radius 1 is 1.25 bits per heavy atom. The van der Waals surface area contributed by atoms with E-state index in [1.165, 1.54) is 10.9 Å². The van der Waals surface area contributed by atoms with E-state index < -0.39 is 5.56 Å². The van der Waals surface area contributed by atoms with Gasteiger partial charge < -0.3 is 9.64 Å². The summed E-state index contributed by atoms with van der Waals surface area (Å²) in [7, 11) is 0. The van der Waals surface area contributed by atoms with Gasteiger partial charge in [0, 0.05) is 23.7 Å². The van der Waals surface area contributed by atoms with Gasteiger partial charge in [-0.15, -0.1) is 0 Å². The van der Waals surface area contributed by atoms with Crippen molar-refractivity contribution >= 4 is 17.7 Å². The smallest absolute Gasteiger partial charge is 0.290 e. The van der Waals surface area contributed by atoms with Gasteiger partial charge in [0.2, 0.25) is 0 Å². The van der Waals surface area contributed by atoms with Crippen LogP contribution in [-0.2, 0) is 4.74 Å². The first-order chi connectivity index (χ1) is 11.7. The number of nitriles is 1. The Balaban J connectivity index is 1.93. The van der Waals surface area contributed by atoms with Crippen LogP contribution in [0.2, 0.25) is 5.02 Å². The summed E-state index contributed by atoms with van der Waals surface area (Å²) in [5.41, 5.74) is 0.664. The van der Waals surface area contributed by atoms with Crippen molar-refractivity contribution in [2.24, 2.45) is 0 Å². The summed E-state index contributed by atoms with van der Waals surface area (Å²) in [6.07, 6.45) is 5.13. The molecule has 0 radical (unpaired) electrons. The van der Waals surface area contributed by atoms with Crippen LogP contribution in [0.3, 0.4) is 0 Å². The molecule has 1 aliphatic rings. The van der Waals surface area contributed by atoms with Crippen LogP contribution < -0.4 is 5.56 Å². The third kappa shape index (κ3) is 3.48. The standard InChI is InChI=1S/C17H15ClN4O2/c18-14-1-3-15(4-2-14)22-17(23)16(11-19)13(12-20-22)5-6-21-7-9-24-10-8-21/h1-6,12H,7-10H2/b6-5+. The average molecular weight is 343 g/mol. The molecule has 3 rings (SSSR count). The Morgan fingerprint density at radius 2 is 1.96 bits per heavy atom. The third-order valence-corrected chi connectivity index (χ3v) is 3.95. The highest BCUT2D eigenvalue weighted by Crippen LogP contribution is 2.13. The van der Waals surface area contributed by atoms with Gasteiger partial charge in [-0.25, -0.2) is 0 Å². The summed E-state index contributed by atoms with van der Waals surface area (Å²) in [5, 5.41) is 14.1. The fraction of sp³-hybridized carbons (Fsp3) is 0.235. The van der Waals surface area contributed by atoms with Crippen LogP contribution in [0.15, 0.2) is 41.5 Å². The molecular weight excluding hydrogens is 328 g/mol. The summed E-state index contributed by atoms with van der Waals surface area (Å²) in [6.45, 7) is 2.92. The molecule has 6 nitrogen and oxygen atoms in total. The molecule has 0 spiro atoms. The second kappa shape index (κ2) is 7.30. The zero-order valence-corrected chi connectivity index (χ0v) is 13.6. The van der Waals surface area contributed by atoms with Crippen LogP contribution in [0.1, 0.15) is 11.1 Å². The van der Waals surface area contributed by atoms with Crippen LogP contribution in [0.25, 0.3) is 11.8 Å². The first-order valence-corrected chi connectivity index (χ1v) is 7.85. The zero-order valence-electron chi connectivity index (χ0n) is 12.9. The molecular formula is C17H15ClN4O2. The highest BCUT2D eigenvalue weighted by Gasteiger charge is 2.11. The maximum Gasteiger partial charge on any atom is 0.290 e. The van der Waals surface area contributed by atoms with E-state index in [0.717, 1.165) is 13.1 Å². The van der Waals surface area contributed by atoms with E-state index >= 15 is 0 Å². The van der Waals surface area contributed by atoms with Gasteiger partial charge in [-0.1, -0.05) is 11.6 Å². The summed E-state index contributed by atoms with van der Waals surface area (Å²) in [6, 6.07) is 8.68. The van der Waals surface area contributed by atoms with E-state index in [4.69, 9.17) is 16.3 Å². The number of ether oxygens (including phenoxy) is 1. The molecule has 2 aromatic rings. The maximum absolute atomic E-state index is 12.5. The molecule has 0 saturated carbocycles. The normalized spacial score (nSPS) is 14.8. The van der Waals surface area contributed by atoms with Crippen molar-refractivity contribution in [3.8, 4) is 11.8 Å². The number of morpholine rings is 1. The van der Waals surface area contributed by atoms with Crippen molar-refractivity contribution in [1.82, 2.24) is 14.7 Å². The van der Waals surface area contributed by atoms with Gasteiger partial charge in [-0.2, -0.15) is 15.0 Å². The second-order valence-corrected chi connectivity index (χ2v) is 5.68. The molecule has 7 heteroatoms. The van der Waals surface area contributed by atoms with Crippen molar-refractivity contribution in [2.75, 3.05) is 26.3 Å². The topological polar surface area (TPSA) is 71.2 Å². The minimum Gasteiger partial charge on any atom is -0.378 e. The molecule has 2 heterocycles. The summed E-state index contributed by atoms with van der Waals surface area (Å²) in [4.78, 5) is 14.6. The number of benzene rings is 1. The van der Waals surface area contributed by atoms with E-state index in [2.05, 4.69) is 10.00 Å². The molecule has 0 unspecified atom stereocenters. The SMILES string of the molecule is N#Cc1c(/C=C/N2CCOCC2)cnn(-c2ccc(Cl)cc2)c1=O. The Labute approximate surface area is 144 Å². The molecule has 24 heavy (non-hydrogen) atoms. The molecule has 122 valence electrons. The Kier molecular flexibility index (Phi) is 4.94. The van der Waals surface area contributed by atoms with Crippen LogP contribution >= 0.6 is 11.6 Å². The van der Waals surface area contributed by atoms with Gasteiger partial charge in [0.15, 0.2) is 0 Å². The summed E-state index contributed by atoms with van der Waals surface area (Å²) in [5.74, 6) is 0. The van der Waals surface area contributed by atoms with Gasteiger partial charge in [0.05, 0.1) is 25.1 Å². The largest absolute Gasteiger partial charge is 0.378 e. The van der Waals surface area contributed by atoms with Gasteiger partial charge in [-0.3, -0.25) is 4.79 Å². The summed E-state index contributed by atoms with van der Waals surface area (Å²) < 4.78 is 6.48. The number of halogens is 1. The molecule has 0 N–H and O–H groups in total. The van der Waals surface area contributed by atoms with Crippen LogP contribution in [0.5, 0.6) is 0 Å². The van der Waals surface area contributed by atoms with Gasteiger partial charge >= 0.3 is 0 Å². The minimum atomic E-state index is -0.455. The third-order valence-electron chi connectivity index (χ3n) is 3.70. The first-order valence-electron chi connectivity index (χ1n) is 7.47. The van der Waals surface area contributed by atoms with Crippen LogP contribution in [0, 0.1) is 11.3 Å². The molecule has 1 saturated heterocycles. The number of nitrogens with zero attached hydrogens (tertiary/aromatic N) is 4. The number of hydrogen-bond donors (Lipinski definition) is 0. The van der Waals surface area contributed by atoms with E-state index in [1.807, 2.05) is 12.3 Å². The molecule has 0 amide bonds. The van der Waals surface area contributed by atoms with E-state index in [0.29, 0.717) is 29.5 Å². The zero-order chi connectivity index (χ0) is 16.9. The summed E-state index contributed by atoms with van der Waals surface area (Å²) >= 11 is 5.85. The lowest BCUT2D eigenvalue weighted by molar-refractivity contribution is 0.0597. The highest BCUT2D eigenvalue weighted by molar-refractivity contribution is 6.30. The second-order valence-electron chi connectivity index (χ2n) is 5.24. The van der Waals surface area contributed by atoms with Gasteiger partial charge in [0.25, 0.3) is 5.56 Å². The lowest BCUT2D eigenvalue weighted by atomic mass is 10.1. The Bertz CT molecular complexity index is 846. The quantitative estimate of drug-likeness (QED) is 0.853. The van der Waals surface area contributed by atoms with Crippen molar-refractivity contribution in [3.63, 3.8) is 0 Å². The molecule has 1 aromatic carbocycles. The molecule has 1 aromatic heterocycles. The molecule has 0 aliphatic carbocycles. The number of rotatable bonds is 3. The molecule has 0 bridgehead atoms. The van der Waals surface area contributed by atoms with Gasteiger partial charge in [-0.05, 0) is 36.5 Å². The predicted molar refractivity (Wildman–Crippen MR) is 91.0 cm³/mol. The number of aromatic nitrogens is 2. The molecule has 1 aliphatic heterocycles. The van der Waals surface area contributed by atoms with E-state index in [-0.39, 0.29) is 5.56 Å². The average Bonchev–Trinajstić information content (AvgIpc) is 2.62. The first kappa shape index (κ1) is 16.2. The Morgan fingerprint density at radius 3 is 2.62 bits per heavy atom. The molecule has 0 atom stereocenters. The fourth-order valence-electron chi connectivity index (χ4n) is 2.38. The Hall–Kier alpha value is -2.62. The number of hydrogen-bond acceptors (Lipinski definition) is 5. The fourth-order valence-corrected chi connectivity index (χ4v) is 2.51.